The first-order valence-corrected chi connectivity index (χ1v) is 11.8. The summed E-state index contributed by atoms with van der Waals surface area (Å²) in [5, 5.41) is 14.1. The predicted octanol–water partition coefficient (Wildman–Crippen LogP) is 4.65. The van der Waals surface area contributed by atoms with E-state index in [1.807, 2.05) is 12.1 Å². The number of amides is 1. The highest BCUT2D eigenvalue weighted by atomic mass is 35.5. The van der Waals surface area contributed by atoms with E-state index in [0.717, 1.165) is 10.4 Å². The van der Waals surface area contributed by atoms with Crippen LogP contribution in [0.5, 0.6) is 5.75 Å². The Morgan fingerprint density at radius 3 is 2.39 bits per heavy atom. The molecule has 1 aliphatic rings. The van der Waals surface area contributed by atoms with Gasteiger partial charge in [-0.3, -0.25) is 9.48 Å². The average Bonchev–Trinajstić information content (AvgIpc) is 3.20. The Morgan fingerprint density at radius 2 is 1.78 bits per heavy atom. The van der Waals surface area contributed by atoms with Gasteiger partial charge in [-0.15, -0.1) is 0 Å². The second-order valence-corrected chi connectivity index (χ2v) is 8.99. The van der Waals surface area contributed by atoms with Gasteiger partial charge in [0.2, 0.25) is 5.91 Å². The molecule has 2 heterocycles. The predicted molar refractivity (Wildman–Crippen MR) is 130 cm³/mol. The van der Waals surface area contributed by atoms with Crippen molar-refractivity contribution in [3.63, 3.8) is 0 Å². The summed E-state index contributed by atoms with van der Waals surface area (Å²) in [5.41, 5.74) is -0.419. The fraction of sp³-hybridized carbons (Fsp3) is 0.333. The van der Waals surface area contributed by atoms with E-state index in [2.05, 4.69) is 10.00 Å². The van der Waals surface area contributed by atoms with E-state index in [1.54, 1.807) is 41.3 Å². The molecule has 1 N–H and O–H groups in total. The van der Waals surface area contributed by atoms with E-state index < -0.39 is 35.4 Å². The number of aromatic nitrogens is 2. The molecule has 0 bridgehead atoms. The first-order valence-electron chi connectivity index (χ1n) is 11.0. The number of ether oxygens (including phenoxy) is 1. The third-order valence-corrected chi connectivity index (χ3v) is 6.68. The fourth-order valence-electron chi connectivity index (χ4n) is 4.10. The summed E-state index contributed by atoms with van der Waals surface area (Å²) in [6, 6.07) is 13.5. The van der Waals surface area contributed by atoms with Gasteiger partial charge in [-0.05, 0) is 17.7 Å². The number of rotatable bonds is 6. The maximum absolute atomic E-state index is 13.5. The monoisotopic (exact) mass is 542 g/mol. The number of nitrogens with zero attached hydrogens (tertiary/aromatic N) is 4. The molecular formula is C24H23Cl2F3N4O3. The van der Waals surface area contributed by atoms with Gasteiger partial charge in [0.05, 0.1) is 22.8 Å². The largest absolute Gasteiger partial charge is 0.495 e. The molecule has 7 nitrogen and oxygen atoms in total. The first-order chi connectivity index (χ1) is 17.1. The topological polar surface area (TPSA) is 70.8 Å². The van der Waals surface area contributed by atoms with Crippen LogP contribution in [0.4, 0.5) is 18.9 Å². The molecular weight excluding hydrogens is 520 g/mol. The zero-order valence-corrected chi connectivity index (χ0v) is 20.7. The van der Waals surface area contributed by atoms with Crippen LogP contribution in [0.25, 0.3) is 0 Å². The zero-order valence-electron chi connectivity index (χ0n) is 19.2. The van der Waals surface area contributed by atoms with Gasteiger partial charge >= 0.3 is 6.18 Å². The number of carbonyl (C=O) groups excluding carboxylic acids is 1. The van der Waals surface area contributed by atoms with Gasteiger partial charge in [-0.1, -0.05) is 53.5 Å². The van der Waals surface area contributed by atoms with E-state index in [0.29, 0.717) is 42.5 Å². The van der Waals surface area contributed by atoms with Crippen LogP contribution >= 0.6 is 23.2 Å². The molecule has 1 unspecified atom stereocenters. The van der Waals surface area contributed by atoms with E-state index in [-0.39, 0.29) is 5.69 Å². The number of piperazine rings is 1. The van der Waals surface area contributed by atoms with E-state index in [4.69, 9.17) is 27.9 Å². The normalized spacial score (nSPS) is 15.2. The molecule has 1 aromatic heterocycles. The first kappa shape index (κ1) is 26.1. The average molecular weight is 543 g/mol. The summed E-state index contributed by atoms with van der Waals surface area (Å²) in [4.78, 5) is 16.6. The van der Waals surface area contributed by atoms with Crippen molar-refractivity contribution >= 4 is 34.8 Å². The summed E-state index contributed by atoms with van der Waals surface area (Å²) in [7, 11) is 1.52. The number of aliphatic hydroxyl groups excluding tert-OH is 1. The molecule has 4 rings (SSSR count). The Hall–Kier alpha value is -2.95. The zero-order chi connectivity index (χ0) is 26.0. The summed E-state index contributed by atoms with van der Waals surface area (Å²) in [6.07, 6.45) is -6.34. The lowest BCUT2D eigenvalue weighted by atomic mass is 10.1. The Morgan fingerprint density at radius 1 is 1.11 bits per heavy atom. The van der Waals surface area contributed by atoms with Crippen LogP contribution in [0.3, 0.4) is 0 Å². The van der Waals surface area contributed by atoms with Crippen molar-refractivity contribution in [1.82, 2.24) is 14.7 Å². The molecule has 0 aliphatic carbocycles. The number of hydrogen-bond acceptors (Lipinski definition) is 5. The van der Waals surface area contributed by atoms with Crippen LogP contribution in [0.1, 0.15) is 23.1 Å². The van der Waals surface area contributed by atoms with Crippen molar-refractivity contribution in [3.05, 3.63) is 75.5 Å². The summed E-state index contributed by atoms with van der Waals surface area (Å²) >= 11 is 12.1. The van der Waals surface area contributed by atoms with Crippen LogP contribution in [0.15, 0.2) is 48.5 Å². The lowest BCUT2D eigenvalue weighted by Crippen LogP contribution is -2.49. The van der Waals surface area contributed by atoms with Crippen LogP contribution in [-0.4, -0.2) is 59.0 Å². The number of anilines is 1. The van der Waals surface area contributed by atoms with Crippen LogP contribution in [-0.2, 0) is 17.5 Å². The Balaban J connectivity index is 1.51. The number of alkyl halides is 3. The molecule has 0 spiro atoms. The third kappa shape index (κ3) is 5.40. The highest BCUT2D eigenvalue weighted by molar-refractivity contribution is 6.32. The molecule has 0 radical (unpaired) electrons. The molecule has 2 aromatic carbocycles. The number of hydrogen-bond donors (Lipinski definition) is 1. The number of benzene rings is 2. The minimum atomic E-state index is -4.85. The molecule has 1 aliphatic heterocycles. The van der Waals surface area contributed by atoms with Gasteiger partial charge in [0.25, 0.3) is 0 Å². The van der Waals surface area contributed by atoms with Gasteiger partial charge < -0.3 is 19.6 Å². The van der Waals surface area contributed by atoms with E-state index in [9.17, 15) is 23.1 Å². The lowest BCUT2D eigenvalue weighted by Gasteiger charge is -2.36. The number of methoxy groups -OCH3 is 1. The van der Waals surface area contributed by atoms with Crippen molar-refractivity contribution in [3.8, 4) is 5.75 Å². The van der Waals surface area contributed by atoms with Crippen molar-refractivity contribution < 1.29 is 27.8 Å². The van der Waals surface area contributed by atoms with Gasteiger partial charge in [0.15, 0.2) is 5.69 Å². The molecule has 1 saturated heterocycles. The highest BCUT2D eigenvalue weighted by Gasteiger charge is 2.40. The standard InChI is InChI=1S/C24H23Cl2F3N4O3/c1-36-18-13-16(7-8-17(18)25)31-9-11-32(12-10-31)19(34)14-33-21(20(26)23(30-33)24(27,28)29)22(35)15-5-3-2-4-6-15/h2-8,13,22,35H,9-12,14H2,1H3. The maximum atomic E-state index is 13.5. The summed E-state index contributed by atoms with van der Waals surface area (Å²) in [6.45, 7) is 1.21. The second-order valence-electron chi connectivity index (χ2n) is 8.20. The van der Waals surface area contributed by atoms with Crippen LogP contribution in [0, 0.1) is 0 Å². The smallest absolute Gasteiger partial charge is 0.436 e. The van der Waals surface area contributed by atoms with Crippen molar-refractivity contribution in [2.45, 2.75) is 18.8 Å². The van der Waals surface area contributed by atoms with E-state index in [1.165, 1.54) is 7.11 Å². The van der Waals surface area contributed by atoms with Crippen molar-refractivity contribution in [2.24, 2.45) is 0 Å². The Labute approximate surface area is 215 Å². The minimum Gasteiger partial charge on any atom is -0.495 e. The van der Waals surface area contributed by atoms with Crippen molar-refractivity contribution in [1.29, 1.82) is 0 Å². The summed E-state index contributed by atoms with van der Waals surface area (Å²) < 4.78 is 46.7. The van der Waals surface area contributed by atoms with Crippen LogP contribution < -0.4 is 9.64 Å². The van der Waals surface area contributed by atoms with E-state index >= 15 is 0 Å². The molecule has 0 saturated carbocycles. The Bertz CT molecular complexity index is 1230. The molecule has 192 valence electrons. The van der Waals surface area contributed by atoms with Gasteiger partial charge in [-0.2, -0.15) is 18.3 Å². The van der Waals surface area contributed by atoms with Gasteiger partial charge in [0.1, 0.15) is 18.4 Å². The SMILES string of the molecule is COc1cc(N2CCN(C(=O)Cn3nc(C(F)(F)F)c(Cl)c3C(O)c3ccccc3)CC2)ccc1Cl. The number of carbonyl (C=O) groups is 1. The van der Waals surface area contributed by atoms with Crippen molar-refractivity contribution in [2.75, 3.05) is 38.2 Å². The van der Waals surface area contributed by atoms with Crippen LogP contribution in [0.2, 0.25) is 10.0 Å². The second kappa shape index (κ2) is 10.6. The maximum Gasteiger partial charge on any atom is 0.436 e. The molecule has 1 amide bonds. The third-order valence-electron chi connectivity index (χ3n) is 5.99. The fourth-order valence-corrected chi connectivity index (χ4v) is 4.64. The molecule has 3 aromatic rings. The number of aliphatic hydroxyl groups is 1. The van der Waals surface area contributed by atoms with Gasteiger partial charge in [0, 0.05) is 37.9 Å². The molecule has 12 heteroatoms. The number of halogens is 5. The molecule has 36 heavy (non-hydrogen) atoms. The highest BCUT2D eigenvalue weighted by Crippen LogP contribution is 2.39. The van der Waals surface area contributed by atoms with Gasteiger partial charge in [-0.25, -0.2) is 0 Å². The molecule has 1 fully saturated rings. The molecule has 1 atom stereocenters. The lowest BCUT2D eigenvalue weighted by molar-refractivity contribution is -0.142. The minimum absolute atomic E-state index is 0.282. The Kier molecular flexibility index (Phi) is 7.67. The summed E-state index contributed by atoms with van der Waals surface area (Å²) in [5.74, 6) is 0.103. The quantitative estimate of drug-likeness (QED) is 0.491.